The third-order valence-corrected chi connectivity index (χ3v) is 4.60. The van der Waals surface area contributed by atoms with Gasteiger partial charge in [-0.3, -0.25) is 9.78 Å². The fourth-order valence-corrected chi connectivity index (χ4v) is 3.11. The summed E-state index contributed by atoms with van der Waals surface area (Å²) < 4.78 is 21.3. The van der Waals surface area contributed by atoms with Crippen LogP contribution < -0.4 is 10.2 Å². The molecule has 28 heavy (non-hydrogen) atoms. The lowest BCUT2D eigenvalue weighted by Gasteiger charge is -2.28. The minimum atomic E-state index is -0.378. The summed E-state index contributed by atoms with van der Waals surface area (Å²) in [7, 11) is 0. The molecular formula is C20H20FN5O2. The molecule has 144 valence electrons. The summed E-state index contributed by atoms with van der Waals surface area (Å²) in [5, 5.41) is 2.80. The van der Waals surface area contributed by atoms with Gasteiger partial charge in [0.2, 0.25) is 0 Å². The summed E-state index contributed by atoms with van der Waals surface area (Å²) >= 11 is 0. The predicted octanol–water partition coefficient (Wildman–Crippen LogP) is 2.17. The molecule has 0 aliphatic carbocycles. The Morgan fingerprint density at radius 3 is 2.79 bits per heavy atom. The lowest BCUT2D eigenvalue weighted by molar-refractivity contribution is 0.0946. The number of amides is 1. The average Bonchev–Trinajstić information content (AvgIpc) is 3.27. The van der Waals surface area contributed by atoms with Gasteiger partial charge in [0.1, 0.15) is 11.5 Å². The van der Waals surface area contributed by atoms with Crippen LogP contribution in [0.4, 0.5) is 10.1 Å². The van der Waals surface area contributed by atoms with Crippen LogP contribution in [0.25, 0.3) is 5.69 Å². The Bertz CT molecular complexity index is 955. The van der Waals surface area contributed by atoms with Crippen molar-refractivity contribution in [1.29, 1.82) is 0 Å². The quantitative estimate of drug-likeness (QED) is 0.733. The van der Waals surface area contributed by atoms with E-state index in [1.807, 2.05) is 6.07 Å². The van der Waals surface area contributed by atoms with E-state index in [0.29, 0.717) is 30.2 Å². The molecule has 1 aromatic carbocycles. The molecule has 1 saturated heterocycles. The van der Waals surface area contributed by atoms with Crippen molar-refractivity contribution in [2.75, 3.05) is 31.2 Å². The predicted molar refractivity (Wildman–Crippen MR) is 102 cm³/mol. The molecule has 4 rings (SSSR count). The van der Waals surface area contributed by atoms with Crippen LogP contribution in [-0.4, -0.2) is 46.7 Å². The SMILES string of the molecule is O=C(NCc1ccc(-n2ccnc2)c(F)c1)c1cc(N2CCOCC2)ccn1. The average molecular weight is 381 g/mol. The molecule has 0 radical (unpaired) electrons. The number of morpholine rings is 1. The van der Waals surface area contributed by atoms with Crippen LogP contribution in [0, 0.1) is 5.82 Å². The van der Waals surface area contributed by atoms with Crippen LogP contribution in [0.2, 0.25) is 0 Å². The maximum atomic E-state index is 14.3. The first-order valence-electron chi connectivity index (χ1n) is 9.04. The van der Waals surface area contributed by atoms with Crippen LogP contribution >= 0.6 is 0 Å². The summed E-state index contributed by atoms with van der Waals surface area (Å²) in [5.74, 6) is -0.675. The fourth-order valence-electron chi connectivity index (χ4n) is 3.11. The van der Waals surface area contributed by atoms with Crippen LogP contribution in [0.3, 0.4) is 0 Å². The van der Waals surface area contributed by atoms with Crippen LogP contribution in [0.5, 0.6) is 0 Å². The van der Waals surface area contributed by atoms with Gasteiger partial charge in [0, 0.05) is 43.9 Å². The molecule has 3 heterocycles. The summed E-state index contributed by atoms with van der Waals surface area (Å²) in [4.78, 5) is 22.7. The molecule has 0 bridgehead atoms. The first-order chi connectivity index (χ1) is 13.7. The summed E-state index contributed by atoms with van der Waals surface area (Å²) in [6.07, 6.45) is 6.42. The maximum absolute atomic E-state index is 14.3. The number of rotatable bonds is 5. The number of benzene rings is 1. The Morgan fingerprint density at radius 2 is 2.04 bits per heavy atom. The molecule has 1 fully saturated rings. The highest BCUT2D eigenvalue weighted by Crippen LogP contribution is 2.17. The Kier molecular flexibility index (Phi) is 5.29. The molecule has 2 aromatic heterocycles. The van der Waals surface area contributed by atoms with E-state index in [0.717, 1.165) is 18.8 Å². The van der Waals surface area contributed by atoms with Gasteiger partial charge in [0.05, 0.1) is 25.2 Å². The topological polar surface area (TPSA) is 72.3 Å². The highest BCUT2D eigenvalue weighted by atomic mass is 19.1. The Balaban J connectivity index is 1.41. The molecule has 1 aliphatic rings. The number of carbonyl (C=O) groups is 1. The van der Waals surface area contributed by atoms with E-state index in [1.165, 1.54) is 12.4 Å². The van der Waals surface area contributed by atoms with Gasteiger partial charge in [-0.15, -0.1) is 0 Å². The third kappa shape index (κ3) is 4.01. The van der Waals surface area contributed by atoms with Gasteiger partial charge in [-0.2, -0.15) is 0 Å². The first-order valence-corrected chi connectivity index (χ1v) is 9.04. The Morgan fingerprint density at radius 1 is 1.18 bits per heavy atom. The molecule has 0 spiro atoms. The second-order valence-corrected chi connectivity index (χ2v) is 6.44. The van der Waals surface area contributed by atoms with Crippen LogP contribution in [-0.2, 0) is 11.3 Å². The van der Waals surface area contributed by atoms with Gasteiger partial charge in [-0.25, -0.2) is 9.37 Å². The summed E-state index contributed by atoms with van der Waals surface area (Å²) in [5.41, 5.74) is 2.35. The zero-order chi connectivity index (χ0) is 19.3. The van der Waals surface area contributed by atoms with Crippen molar-refractivity contribution in [2.45, 2.75) is 6.54 Å². The number of carbonyl (C=O) groups excluding carboxylic acids is 1. The van der Waals surface area contributed by atoms with Crippen molar-refractivity contribution in [2.24, 2.45) is 0 Å². The number of nitrogens with one attached hydrogen (secondary N) is 1. The number of ether oxygens (including phenoxy) is 1. The Labute approximate surface area is 161 Å². The van der Waals surface area contributed by atoms with Crippen molar-refractivity contribution in [3.05, 3.63) is 72.3 Å². The Hall–Kier alpha value is -3.26. The van der Waals surface area contributed by atoms with E-state index in [9.17, 15) is 9.18 Å². The molecule has 1 N–H and O–H groups in total. The maximum Gasteiger partial charge on any atom is 0.270 e. The van der Waals surface area contributed by atoms with Crippen molar-refractivity contribution in [3.63, 3.8) is 0 Å². The number of anilines is 1. The van der Waals surface area contributed by atoms with Gasteiger partial charge in [-0.05, 0) is 29.8 Å². The minimum absolute atomic E-state index is 0.212. The van der Waals surface area contributed by atoms with Gasteiger partial charge in [0.15, 0.2) is 0 Å². The normalized spacial score (nSPS) is 14.1. The lowest BCUT2D eigenvalue weighted by Crippen LogP contribution is -2.36. The van der Waals surface area contributed by atoms with Gasteiger partial charge in [-0.1, -0.05) is 6.07 Å². The van der Waals surface area contributed by atoms with Gasteiger partial charge >= 0.3 is 0 Å². The molecule has 1 aliphatic heterocycles. The minimum Gasteiger partial charge on any atom is -0.378 e. The number of hydrogen-bond acceptors (Lipinski definition) is 5. The van der Waals surface area contributed by atoms with E-state index < -0.39 is 0 Å². The first kappa shape index (κ1) is 18.1. The zero-order valence-corrected chi connectivity index (χ0v) is 15.2. The molecule has 8 heteroatoms. The highest BCUT2D eigenvalue weighted by Gasteiger charge is 2.14. The number of nitrogens with zero attached hydrogens (tertiary/aromatic N) is 4. The monoisotopic (exact) mass is 381 g/mol. The number of halogens is 1. The summed E-state index contributed by atoms with van der Waals surface area (Å²) in [6.45, 7) is 3.12. The second kappa shape index (κ2) is 8.18. The molecule has 0 atom stereocenters. The van der Waals surface area contributed by atoms with Crippen molar-refractivity contribution < 1.29 is 13.9 Å². The van der Waals surface area contributed by atoms with E-state index in [1.54, 1.807) is 41.4 Å². The van der Waals surface area contributed by atoms with Crippen LogP contribution in [0.15, 0.2) is 55.2 Å². The van der Waals surface area contributed by atoms with E-state index in [4.69, 9.17) is 4.74 Å². The molecule has 1 amide bonds. The van der Waals surface area contributed by atoms with Gasteiger partial charge < -0.3 is 19.5 Å². The van der Waals surface area contributed by atoms with E-state index in [2.05, 4.69) is 20.2 Å². The van der Waals surface area contributed by atoms with E-state index in [-0.39, 0.29) is 18.3 Å². The largest absolute Gasteiger partial charge is 0.378 e. The smallest absolute Gasteiger partial charge is 0.270 e. The number of imidazole rings is 1. The molecule has 0 unspecified atom stereocenters. The lowest BCUT2D eigenvalue weighted by atomic mass is 10.2. The molecule has 3 aromatic rings. The van der Waals surface area contributed by atoms with Crippen molar-refractivity contribution in [3.8, 4) is 5.69 Å². The molecular weight excluding hydrogens is 361 g/mol. The molecule has 0 saturated carbocycles. The third-order valence-electron chi connectivity index (χ3n) is 4.60. The van der Waals surface area contributed by atoms with Crippen molar-refractivity contribution >= 4 is 11.6 Å². The molecule has 7 nitrogen and oxygen atoms in total. The summed E-state index contributed by atoms with van der Waals surface area (Å²) in [6, 6.07) is 8.49. The second-order valence-electron chi connectivity index (χ2n) is 6.44. The number of hydrogen-bond donors (Lipinski definition) is 1. The fraction of sp³-hybridized carbons (Fsp3) is 0.250. The highest BCUT2D eigenvalue weighted by molar-refractivity contribution is 5.93. The number of aromatic nitrogens is 3. The number of pyridine rings is 1. The van der Waals surface area contributed by atoms with Crippen LogP contribution in [0.1, 0.15) is 16.1 Å². The van der Waals surface area contributed by atoms with Gasteiger partial charge in [0.25, 0.3) is 5.91 Å². The standard InChI is InChI=1S/C20H20FN5O2/c21-17-11-15(1-2-19(17)26-6-5-22-14-26)13-24-20(27)18-12-16(3-4-23-18)25-7-9-28-10-8-25/h1-6,11-12,14H,7-10,13H2,(H,24,27). The van der Waals surface area contributed by atoms with Crippen molar-refractivity contribution in [1.82, 2.24) is 19.9 Å². The zero-order valence-electron chi connectivity index (χ0n) is 15.2. The van der Waals surface area contributed by atoms with E-state index >= 15 is 0 Å².